The zero-order valence-electron chi connectivity index (χ0n) is 80.1. The van der Waals surface area contributed by atoms with E-state index in [4.69, 9.17) is 21.3 Å². The smallest absolute Gasteiger partial charge is 0.576 e. The van der Waals surface area contributed by atoms with Gasteiger partial charge in [-0.05, 0) is 227 Å². The number of benzene rings is 20. The van der Waals surface area contributed by atoms with Crippen LogP contribution in [0.2, 0.25) is 0 Å². The Bertz CT molecular complexity index is 8700. The highest BCUT2D eigenvalue weighted by molar-refractivity contribution is 6.40. The summed E-state index contributed by atoms with van der Waals surface area (Å²) in [7, 11) is 0. The van der Waals surface area contributed by atoms with E-state index in [1.54, 1.807) is 18.6 Å². The lowest BCUT2D eigenvalue weighted by molar-refractivity contribution is 0.311. The van der Waals surface area contributed by atoms with Gasteiger partial charge in [0.25, 0.3) is 0 Å². The number of anilines is 6. The molecule has 0 aliphatic heterocycles. The molecule has 27 aromatic rings. The molecular formula is C133H94AlN9O3. The van der Waals surface area contributed by atoms with Gasteiger partial charge in [0, 0.05) is 123 Å². The molecule has 0 fully saturated rings. The molecule has 692 valence electrons. The van der Waals surface area contributed by atoms with Crippen LogP contribution in [0.25, 0.3) is 176 Å². The molecule has 0 atom stereocenters. The van der Waals surface area contributed by atoms with Crippen molar-refractivity contribution in [1.82, 2.24) is 34.1 Å². The van der Waals surface area contributed by atoms with Crippen LogP contribution in [-0.4, -0.2) is 49.2 Å². The normalized spacial score (nSPS) is 11.2. The van der Waals surface area contributed by atoms with E-state index in [2.05, 4.69) is 460 Å². The molecule has 20 aromatic carbocycles. The number of aromatic nitrogens is 7. The Morgan fingerprint density at radius 3 is 0.815 bits per heavy atom. The highest BCUT2D eigenvalue weighted by atomic mass is 27.3. The highest BCUT2D eigenvalue weighted by Crippen LogP contribution is 2.46. The average Bonchev–Trinajstić information content (AvgIpc) is 1.27. The molecule has 146 heavy (non-hydrogen) atoms. The second kappa shape index (κ2) is 40.4. The quantitative estimate of drug-likeness (QED) is 0.0609. The first-order chi connectivity index (χ1) is 72.2. The number of hydrogen-bond donors (Lipinski definition) is 0. The van der Waals surface area contributed by atoms with Crippen LogP contribution in [0.1, 0.15) is 11.4 Å². The van der Waals surface area contributed by atoms with Crippen molar-refractivity contribution in [3.63, 3.8) is 0 Å². The lowest BCUT2D eigenvalue weighted by atomic mass is 9.95. The van der Waals surface area contributed by atoms with Gasteiger partial charge >= 0.3 is 15.1 Å². The molecule has 7 heterocycles. The van der Waals surface area contributed by atoms with Crippen molar-refractivity contribution in [2.75, 3.05) is 9.80 Å². The van der Waals surface area contributed by atoms with Crippen molar-refractivity contribution in [2.45, 2.75) is 13.8 Å². The van der Waals surface area contributed by atoms with Crippen LogP contribution in [0.15, 0.2) is 534 Å². The summed E-state index contributed by atoms with van der Waals surface area (Å²) >= 11 is -2.86. The van der Waals surface area contributed by atoms with Gasteiger partial charge in [0.05, 0.1) is 44.5 Å². The zero-order valence-corrected chi connectivity index (χ0v) is 81.3. The first-order valence-electron chi connectivity index (χ1n) is 49.1. The number of nitrogens with zero attached hydrogens (tertiary/aromatic N) is 9. The van der Waals surface area contributed by atoms with Gasteiger partial charge in [0.2, 0.25) is 0 Å². The molecule has 0 amide bonds. The summed E-state index contributed by atoms with van der Waals surface area (Å²) in [4.78, 5) is 28.0. The number of pyridine rings is 5. The first kappa shape index (κ1) is 89.7. The third-order valence-electron chi connectivity index (χ3n) is 27.0. The minimum atomic E-state index is -2.86. The van der Waals surface area contributed by atoms with E-state index in [-0.39, 0.29) is 0 Å². The molecule has 13 heteroatoms. The van der Waals surface area contributed by atoms with Gasteiger partial charge in [-0.2, -0.15) is 0 Å². The summed E-state index contributed by atoms with van der Waals surface area (Å²) in [6.07, 6.45) is 5.24. The molecule has 0 saturated carbocycles. The maximum Gasteiger partial charge on any atom is 1.20 e. The minimum absolute atomic E-state index is 0.608. The molecule has 0 radical (unpaired) electrons. The van der Waals surface area contributed by atoms with Crippen molar-refractivity contribution in [2.24, 2.45) is 0 Å². The van der Waals surface area contributed by atoms with Crippen LogP contribution in [0.4, 0.5) is 34.1 Å². The number of fused-ring (bicyclic) bond motifs is 14. The van der Waals surface area contributed by atoms with Crippen molar-refractivity contribution in [3.05, 3.63) is 546 Å². The third kappa shape index (κ3) is 18.0. The van der Waals surface area contributed by atoms with Gasteiger partial charge in [-0.25, -0.2) is 0 Å². The molecule has 0 unspecified atom stereocenters. The fourth-order valence-corrected chi connectivity index (χ4v) is 21.6. The molecule has 0 bridgehead atoms. The van der Waals surface area contributed by atoms with E-state index in [0.29, 0.717) is 17.2 Å². The van der Waals surface area contributed by atoms with E-state index < -0.39 is 15.1 Å². The maximum absolute atomic E-state index is 6.41. The third-order valence-corrected chi connectivity index (χ3v) is 28.4. The summed E-state index contributed by atoms with van der Waals surface area (Å²) < 4.78 is 24.0. The molecule has 0 aliphatic carbocycles. The molecule has 0 N–H and O–H groups in total. The fraction of sp³-hybridized carbons (Fsp3) is 0.0150. The lowest BCUT2D eigenvalue weighted by Gasteiger charge is -2.27. The van der Waals surface area contributed by atoms with Gasteiger partial charge < -0.3 is 30.3 Å². The predicted octanol–water partition coefficient (Wildman–Crippen LogP) is 34.7. The fourth-order valence-electron chi connectivity index (χ4n) is 20.3. The lowest BCUT2D eigenvalue weighted by Crippen LogP contribution is -2.37. The van der Waals surface area contributed by atoms with Gasteiger partial charge in [-0.15, -0.1) is 0 Å². The van der Waals surface area contributed by atoms with Crippen LogP contribution in [-0.2, 0) is 0 Å². The first-order valence-corrected chi connectivity index (χ1v) is 50.6. The Morgan fingerprint density at radius 2 is 0.473 bits per heavy atom. The van der Waals surface area contributed by atoms with E-state index in [0.717, 1.165) is 100 Å². The standard InChI is InChI=1S/C44H32N2.C36H24N2.C26H20N2.3C9H7NO.Al/c1-3-17-37(18-4-1)45(43-23-11-15-35-13-7-9-21-41(35)43)39-29-25-33(26-30-39)34-27-31-40(32-28-34)46(38-19-5-2-6-20-38)44-24-12-16-36-14-8-10-22-42(36)44;1-5-13-33-29(9-1)30-10-2-6-14-34(30)37(33)27-21-17-25(18-22-27)26-19-23-28(24-20-26)38-35-15-7-3-11-31(35)32-12-4-8-16-36(32)38;1-17-15-23(19-9-5-3-6-10-19)21-13-14-22-24(20-11-7-4-8-12-20)16-18(2)28-26(22)25(21)27-17;3*11-8-5-1-3-7-4-2-6-10-9(7)8;/h1-32H;1-24H;3-16H,1-2H3;3*1-6,11H;/q;;;;;;+3/p-3. The number of rotatable bonds is 18. The molecule has 0 spiro atoms. The molecular weight excluding hydrogens is 1800 g/mol. The topological polar surface area (TPSA) is 108 Å². The van der Waals surface area contributed by atoms with E-state index in [1.807, 2.05) is 103 Å². The van der Waals surface area contributed by atoms with E-state index in [1.165, 1.54) is 121 Å². The summed E-state index contributed by atoms with van der Waals surface area (Å²) in [5.41, 5.74) is 29.9. The predicted molar refractivity (Wildman–Crippen MR) is 607 cm³/mol. The van der Waals surface area contributed by atoms with Crippen LogP contribution in [0, 0.1) is 13.8 Å². The second-order valence-electron chi connectivity index (χ2n) is 36.1. The van der Waals surface area contributed by atoms with Crippen molar-refractivity contribution < 1.29 is 11.4 Å². The molecule has 0 aliphatic rings. The van der Waals surface area contributed by atoms with E-state index in [9.17, 15) is 0 Å². The summed E-state index contributed by atoms with van der Waals surface area (Å²) in [6.45, 7) is 4.11. The number of hydrogen-bond acceptors (Lipinski definition) is 10. The summed E-state index contributed by atoms with van der Waals surface area (Å²) in [5, 5.41) is 15.3. The number of para-hydroxylation sites is 9. The summed E-state index contributed by atoms with van der Waals surface area (Å²) in [5.74, 6) is 1.82. The Morgan fingerprint density at radius 1 is 0.205 bits per heavy atom. The highest BCUT2D eigenvalue weighted by Gasteiger charge is 2.46. The largest absolute Gasteiger partial charge is 1.20 e. The van der Waals surface area contributed by atoms with Crippen LogP contribution >= 0.6 is 0 Å². The van der Waals surface area contributed by atoms with Crippen molar-refractivity contribution >= 4 is 169 Å². The Labute approximate surface area is 850 Å². The molecule has 12 nitrogen and oxygen atoms in total. The average molecular weight is 1890 g/mol. The maximum atomic E-state index is 6.41. The van der Waals surface area contributed by atoms with Gasteiger partial charge in [0.15, 0.2) is 0 Å². The van der Waals surface area contributed by atoms with Crippen molar-refractivity contribution in [3.8, 4) is 73.1 Å². The second-order valence-corrected chi connectivity index (χ2v) is 37.4. The number of aryl methyl sites for hydroxylation is 2. The van der Waals surface area contributed by atoms with Gasteiger partial charge in [0.1, 0.15) is 33.8 Å². The van der Waals surface area contributed by atoms with Crippen LogP contribution in [0.5, 0.6) is 17.2 Å². The van der Waals surface area contributed by atoms with Crippen LogP contribution < -0.4 is 21.2 Å². The van der Waals surface area contributed by atoms with Gasteiger partial charge in [-0.1, -0.05) is 358 Å². The van der Waals surface area contributed by atoms with Gasteiger partial charge in [-0.3, -0.25) is 24.9 Å². The Kier molecular flexibility index (Phi) is 24.8. The SMILES string of the molecule is Cc1cc(-c2ccccc2)c2ccc3c(-c4ccccc4)cc(C)nc3c2n1.c1ccc(N(c2ccc(-c3ccc(N(c4ccccc4)c4cccc5ccccc45)cc3)cc2)c2cccc3ccccc23)cc1.c1ccc2c(c1)c1ccccc1n2-c1ccc(-c2ccc(-n3c4ccccc4c4ccccc43)cc2)cc1.c1cnc2c([O][Al]([O]c3cccc4cccnc34)[O]c3cccc4cccnc34)cccc2c1. The molecule has 7 aromatic heterocycles. The Hall–Kier alpha value is -18.9. The monoisotopic (exact) mass is 1890 g/mol. The van der Waals surface area contributed by atoms with Crippen molar-refractivity contribution in [1.29, 1.82) is 0 Å². The minimum Gasteiger partial charge on any atom is -0.576 e. The zero-order chi connectivity index (χ0) is 97.6. The van der Waals surface area contributed by atoms with E-state index >= 15 is 0 Å². The van der Waals surface area contributed by atoms with Crippen LogP contribution in [0.3, 0.4) is 0 Å². The molecule has 0 saturated heterocycles. The molecule has 27 rings (SSSR count). The summed E-state index contributed by atoms with van der Waals surface area (Å²) in [6, 6.07) is 180. The Balaban J connectivity index is 0.000000106.